The molecule has 35 heavy (non-hydrogen) atoms. The molecule has 1 saturated heterocycles. The summed E-state index contributed by atoms with van der Waals surface area (Å²) in [5.41, 5.74) is 2.59. The summed E-state index contributed by atoms with van der Waals surface area (Å²) in [6, 6.07) is 15.8. The van der Waals surface area contributed by atoms with Crippen molar-refractivity contribution >= 4 is 28.5 Å². The van der Waals surface area contributed by atoms with Gasteiger partial charge < -0.3 is 19.1 Å². The molecule has 0 saturated carbocycles. The van der Waals surface area contributed by atoms with Crippen molar-refractivity contribution in [2.24, 2.45) is 0 Å². The van der Waals surface area contributed by atoms with Gasteiger partial charge in [0.05, 0.1) is 18.1 Å². The van der Waals surface area contributed by atoms with Crippen molar-refractivity contribution in [3.8, 4) is 5.75 Å². The van der Waals surface area contributed by atoms with E-state index in [0.29, 0.717) is 18.7 Å². The first kappa shape index (κ1) is 24.8. The average molecular weight is 477 g/mol. The van der Waals surface area contributed by atoms with Crippen LogP contribution in [0.2, 0.25) is 0 Å². The van der Waals surface area contributed by atoms with Crippen LogP contribution in [0.25, 0.3) is 11.0 Å². The summed E-state index contributed by atoms with van der Waals surface area (Å²) >= 11 is 0. The van der Waals surface area contributed by atoms with E-state index in [-0.39, 0.29) is 36.4 Å². The topological polar surface area (TPSA) is 67.7 Å². The van der Waals surface area contributed by atoms with Crippen molar-refractivity contribution in [2.45, 2.75) is 71.5 Å². The average Bonchev–Trinajstić information content (AvgIpc) is 3.44. The number of amides is 2. The molecule has 3 unspecified atom stereocenters. The van der Waals surface area contributed by atoms with E-state index in [0.717, 1.165) is 35.4 Å². The van der Waals surface area contributed by atoms with Crippen LogP contribution in [0.1, 0.15) is 58.7 Å². The van der Waals surface area contributed by atoms with Crippen LogP contribution >= 0.6 is 0 Å². The van der Waals surface area contributed by atoms with Gasteiger partial charge in [-0.05, 0) is 51.0 Å². The highest BCUT2D eigenvalue weighted by molar-refractivity contribution is 5.96. The van der Waals surface area contributed by atoms with E-state index >= 15 is 0 Å². The van der Waals surface area contributed by atoms with E-state index in [4.69, 9.17) is 9.72 Å². The van der Waals surface area contributed by atoms with Crippen LogP contribution in [0.3, 0.4) is 0 Å². The number of fused-ring (bicyclic) bond motifs is 1. The third-order valence-electron chi connectivity index (χ3n) is 7.25. The second-order valence-electron chi connectivity index (χ2n) is 9.47. The molecular formula is C28H36N4O3. The van der Waals surface area contributed by atoms with Crippen LogP contribution in [0.5, 0.6) is 5.75 Å². The van der Waals surface area contributed by atoms with Gasteiger partial charge in [-0.25, -0.2) is 4.98 Å². The molecule has 7 nitrogen and oxygen atoms in total. The highest BCUT2D eigenvalue weighted by Gasteiger charge is 2.36. The molecule has 2 amide bonds. The minimum Gasteiger partial charge on any atom is -0.497 e. The molecule has 3 atom stereocenters. The van der Waals surface area contributed by atoms with Crippen molar-refractivity contribution in [2.75, 3.05) is 18.6 Å². The number of para-hydroxylation sites is 2. The molecular weight excluding hydrogens is 440 g/mol. The second-order valence-corrected chi connectivity index (χ2v) is 9.47. The number of benzene rings is 2. The number of carbonyl (C=O) groups is 2. The lowest BCUT2D eigenvalue weighted by Gasteiger charge is -2.34. The number of aromatic nitrogens is 2. The van der Waals surface area contributed by atoms with Gasteiger partial charge in [0, 0.05) is 42.7 Å². The van der Waals surface area contributed by atoms with Gasteiger partial charge in [-0.2, -0.15) is 0 Å². The lowest BCUT2D eigenvalue weighted by Crippen LogP contribution is -2.46. The van der Waals surface area contributed by atoms with Gasteiger partial charge in [0.2, 0.25) is 11.8 Å². The minimum atomic E-state index is -0.102. The molecule has 0 N–H and O–H groups in total. The maximum absolute atomic E-state index is 13.6. The van der Waals surface area contributed by atoms with Gasteiger partial charge in [0.15, 0.2) is 0 Å². The fourth-order valence-electron chi connectivity index (χ4n) is 5.02. The minimum absolute atomic E-state index is 0.0500. The number of carbonyl (C=O) groups excluding carboxylic acids is 2. The summed E-state index contributed by atoms with van der Waals surface area (Å²) in [5, 5.41) is 0. The Morgan fingerprint density at radius 2 is 1.83 bits per heavy atom. The van der Waals surface area contributed by atoms with E-state index in [2.05, 4.69) is 27.7 Å². The summed E-state index contributed by atoms with van der Waals surface area (Å²) in [5.74, 6) is 1.55. The van der Waals surface area contributed by atoms with E-state index in [9.17, 15) is 9.59 Å². The van der Waals surface area contributed by atoms with Gasteiger partial charge >= 0.3 is 0 Å². The predicted octanol–water partition coefficient (Wildman–Crippen LogP) is 4.99. The number of ether oxygens (including phenoxy) is 1. The molecule has 0 bridgehead atoms. The third kappa shape index (κ3) is 4.90. The number of rotatable bonds is 9. The fraction of sp³-hybridized carbons (Fsp3) is 0.464. The molecule has 3 aromatic rings. The van der Waals surface area contributed by atoms with Crippen molar-refractivity contribution < 1.29 is 14.3 Å². The standard InChI is InChI=1S/C28H36N4O3/c1-6-19(3)32(20(4)7-2)27(34)18-31-25-14-9-8-13-24(25)29-28(31)21-15-26(33)30(17-21)22-11-10-12-23(16-22)35-5/h8-14,16,19-21H,6-7,15,17-18H2,1-5H3. The molecule has 1 fully saturated rings. The predicted molar refractivity (Wildman–Crippen MR) is 139 cm³/mol. The molecule has 4 rings (SSSR count). The van der Waals surface area contributed by atoms with E-state index < -0.39 is 0 Å². The van der Waals surface area contributed by atoms with E-state index in [1.54, 1.807) is 12.0 Å². The first-order chi connectivity index (χ1) is 16.9. The van der Waals surface area contributed by atoms with Gasteiger partial charge in [0.25, 0.3) is 0 Å². The monoisotopic (exact) mass is 476 g/mol. The lowest BCUT2D eigenvalue weighted by atomic mass is 10.1. The lowest BCUT2D eigenvalue weighted by molar-refractivity contribution is -0.136. The Morgan fingerprint density at radius 1 is 1.11 bits per heavy atom. The molecule has 7 heteroatoms. The zero-order valence-electron chi connectivity index (χ0n) is 21.4. The van der Waals surface area contributed by atoms with Gasteiger partial charge in [0.1, 0.15) is 18.1 Å². The van der Waals surface area contributed by atoms with Gasteiger partial charge in [-0.15, -0.1) is 0 Å². The van der Waals surface area contributed by atoms with Crippen LogP contribution in [0.4, 0.5) is 5.69 Å². The van der Waals surface area contributed by atoms with Crippen molar-refractivity contribution in [3.05, 3.63) is 54.4 Å². The molecule has 0 radical (unpaired) electrons. The SMILES string of the molecule is CCC(C)N(C(=O)Cn1c(C2CC(=O)N(c3cccc(OC)c3)C2)nc2ccccc21)C(C)CC. The van der Waals surface area contributed by atoms with Crippen molar-refractivity contribution in [1.29, 1.82) is 0 Å². The van der Waals surface area contributed by atoms with E-state index in [1.165, 1.54) is 0 Å². The Labute approximate surface area is 207 Å². The number of methoxy groups -OCH3 is 1. The Hall–Kier alpha value is -3.35. The van der Waals surface area contributed by atoms with Crippen LogP contribution in [-0.4, -0.2) is 52.0 Å². The number of hydrogen-bond acceptors (Lipinski definition) is 4. The first-order valence-corrected chi connectivity index (χ1v) is 12.6. The molecule has 0 aliphatic carbocycles. The maximum Gasteiger partial charge on any atom is 0.243 e. The number of nitrogens with zero attached hydrogens (tertiary/aromatic N) is 4. The van der Waals surface area contributed by atoms with Gasteiger partial charge in [-0.3, -0.25) is 9.59 Å². The largest absolute Gasteiger partial charge is 0.497 e. The Morgan fingerprint density at radius 3 is 2.51 bits per heavy atom. The number of imidazole rings is 1. The van der Waals surface area contributed by atoms with Crippen LogP contribution in [0, 0.1) is 0 Å². The summed E-state index contributed by atoms with van der Waals surface area (Å²) in [6.07, 6.45) is 2.16. The summed E-state index contributed by atoms with van der Waals surface area (Å²) < 4.78 is 7.38. The fourth-order valence-corrected chi connectivity index (χ4v) is 5.02. The highest BCUT2D eigenvalue weighted by atomic mass is 16.5. The summed E-state index contributed by atoms with van der Waals surface area (Å²) in [7, 11) is 1.62. The quantitative estimate of drug-likeness (QED) is 0.436. The third-order valence-corrected chi connectivity index (χ3v) is 7.25. The Balaban J connectivity index is 1.68. The highest BCUT2D eigenvalue weighted by Crippen LogP contribution is 2.34. The maximum atomic E-state index is 13.6. The van der Waals surface area contributed by atoms with Crippen LogP contribution in [-0.2, 0) is 16.1 Å². The summed E-state index contributed by atoms with van der Waals surface area (Å²) in [4.78, 5) is 35.4. The molecule has 2 aromatic carbocycles. The Kier molecular flexibility index (Phi) is 7.43. The molecule has 1 aliphatic rings. The van der Waals surface area contributed by atoms with Crippen LogP contribution in [0.15, 0.2) is 48.5 Å². The van der Waals surface area contributed by atoms with Crippen molar-refractivity contribution in [3.63, 3.8) is 0 Å². The summed E-state index contributed by atoms with van der Waals surface area (Å²) in [6.45, 7) is 9.18. The Bertz CT molecular complexity index is 1190. The number of hydrogen-bond donors (Lipinski definition) is 0. The van der Waals surface area contributed by atoms with Crippen LogP contribution < -0.4 is 9.64 Å². The molecule has 1 aliphatic heterocycles. The zero-order valence-corrected chi connectivity index (χ0v) is 21.4. The molecule has 1 aromatic heterocycles. The van der Waals surface area contributed by atoms with Gasteiger partial charge in [-0.1, -0.05) is 32.0 Å². The zero-order chi connectivity index (χ0) is 25.1. The normalized spacial score (nSPS) is 17.6. The second kappa shape index (κ2) is 10.5. The molecule has 2 heterocycles. The molecule has 0 spiro atoms. The van der Waals surface area contributed by atoms with Crippen molar-refractivity contribution in [1.82, 2.24) is 14.5 Å². The molecule has 186 valence electrons. The number of anilines is 1. The van der Waals surface area contributed by atoms with E-state index in [1.807, 2.05) is 58.0 Å². The smallest absolute Gasteiger partial charge is 0.243 e. The first-order valence-electron chi connectivity index (χ1n) is 12.6.